The largest absolute Gasteiger partial charge is 0.503 e. The number of carbonyl (C=O) groups is 2. The fourth-order valence-corrected chi connectivity index (χ4v) is 4.78. The number of nitrogens with zero attached hydrogens (tertiary/aromatic N) is 1. The molecule has 1 unspecified atom stereocenters. The number of anilines is 1. The van der Waals surface area contributed by atoms with Gasteiger partial charge in [0.2, 0.25) is 5.78 Å². The van der Waals surface area contributed by atoms with Gasteiger partial charge >= 0.3 is 0 Å². The molecule has 6 nitrogen and oxygen atoms in total. The number of aliphatic hydroxyl groups is 1. The summed E-state index contributed by atoms with van der Waals surface area (Å²) in [5.41, 5.74) is 2.65. The number of ether oxygens (including phenoxy) is 1. The first kappa shape index (κ1) is 22.9. The number of carbonyl (C=O) groups excluding carboxylic acids is 2. The summed E-state index contributed by atoms with van der Waals surface area (Å²) in [6, 6.07) is 20.7. The van der Waals surface area contributed by atoms with E-state index in [-0.39, 0.29) is 11.3 Å². The number of halogens is 1. The van der Waals surface area contributed by atoms with Crippen molar-refractivity contribution in [1.82, 2.24) is 0 Å². The minimum atomic E-state index is -0.864. The first-order chi connectivity index (χ1) is 16.9. The number of aryl methyl sites for hydroxylation is 1. The average Bonchev–Trinajstić information content (AvgIpc) is 3.37. The zero-order valence-corrected chi connectivity index (χ0v) is 20.7. The molecule has 0 radical (unpaired) electrons. The van der Waals surface area contributed by atoms with Gasteiger partial charge in [-0.1, -0.05) is 40.2 Å². The van der Waals surface area contributed by atoms with Crippen LogP contribution in [0.4, 0.5) is 5.69 Å². The Morgan fingerprint density at radius 3 is 2.66 bits per heavy atom. The van der Waals surface area contributed by atoms with E-state index in [0.717, 1.165) is 15.4 Å². The Bertz CT molecular complexity index is 1500. The quantitative estimate of drug-likeness (QED) is 0.280. The molecule has 1 amide bonds. The lowest BCUT2D eigenvalue weighted by Crippen LogP contribution is -2.31. The van der Waals surface area contributed by atoms with Crippen LogP contribution >= 0.6 is 15.9 Å². The summed E-state index contributed by atoms with van der Waals surface area (Å²) in [6.45, 7) is 4.27. The lowest BCUT2D eigenvalue weighted by molar-refractivity contribution is -0.117. The third-order valence-electron chi connectivity index (χ3n) is 5.92. The van der Waals surface area contributed by atoms with Crippen LogP contribution in [-0.4, -0.2) is 23.4 Å². The summed E-state index contributed by atoms with van der Waals surface area (Å²) in [7, 11) is 0. The van der Waals surface area contributed by atoms with E-state index in [1.807, 2.05) is 56.3 Å². The number of aliphatic hydroxyl groups excluding tert-OH is 1. The second kappa shape index (κ2) is 9.07. The molecule has 1 aliphatic rings. The summed E-state index contributed by atoms with van der Waals surface area (Å²) in [5, 5.41) is 11.7. The molecule has 0 bridgehead atoms. The predicted octanol–water partition coefficient (Wildman–Crippen LogP) is 6.69. The third-order valence-corrected chi connectivity index (χ3v) is 6.41. The number of furan rings is 1. The Hall–Kier alpha value is -3.84. The molecular formula is C28H22BrNO5. The minimum Gasteiger partial charge on any atom is -0.503 e. The zero-order chi connectivity index (χ0) is 24.7. The van der Waals surface area contributed by atoms with Crippen molar-refractivity contribution in [3.8, 4) is 5.75 Å². The molecule has 0 fully saturated rings. The number of fused-ring (bicyclic) bond motifs is 1. The van der Waals surface area contributed by atoms with E-state index >= 15 is 0 Å². The highest BCUT2D eigenvalue weighted by atomic mass is 79.9. The molecule has 1 atom stereocenters. The number of hydrogen-bond acceptors (Lipinski definition) is 5. The van der Waals surface area contributed by atoms with Gasteiger partial charge in [0.25, 0.3) is 5.91 Å². The van der Waals surface area contributed by atoms with Crippen LogP contribution in [-0.2, 0) is 4.79 Å². The highest BCUT2D eigenvalue weighted by Crippen LogP contribution is 2.43. The van der Waals surface area contributed by atoms with Crippen LogP contribution in [0.5, 0.6) is 5.75 Å². The normalized spacial score (nSPS) is 15.8. The van der Waals surface area contributed by atoms with E-state index in [4.69, 9.17) is 9.15 Å². The van der Waals surface area contributed by atoms with Gasteiger partial charge in [0, 0.05) is 15.5 Å². The van der Waals surface area contributed by atoms with Gasteiger partial charge in [-0.05, 0) is 73.5 Å². The fourth-order valence-electron chi connectivity index (χ4n) is 4.40. The Labute approximate surface area is 210 Å². The molecule has 3 aromatic carbocycles. The molecule has 0 aliphatic carbocycles. The number of rotatable bonds is 6. The molecule has 176 valence electrons. The van der Waals surface area contributed by atoms with Crippen molar-refractivity contribution in [3.63, 3.8) is 0 Å². The summed E-state index contributed by atoms with van der Waals surface area (Å²) >= 11 is 3.42. The van der Waals surface area contributed by atoms with Gasteiger partial charge in [0.05, 0.1) is 18.2 Å². The molecule has 1 aliphatic heterocycles. The van der Waals surface area contributed by atoms with Gasteiger partial charge in [-0.25, -0.2) is 0 Å². The van der Waals surface area contributed by atoms with Gasteiger partial charge in [0.1, 0.15) is 11.3 Å². The molecule has 4 aromatic rings. The monoisotopic (exact) mass is 531 g/mol. The third kappa shape index (κ3) is 4.12. The molecule has 0 spiro atoms. The van der Waals surface area contributed by atoms with Gasteiger partial charge in [-0.2, -0.15) is 0 Å². The van der Waals surface area contributed by atoms with Crippen molar-refractivity contribution in [2.45, 2.75) is 19.9 Å². The Morgan fingerprint density at radius 2 is 1.89 bits per heavy atom. The maximum absolute atomic E-state index is 13.8. The Morgan fingerprint density at radius 1 is 1.09 bits per heavy atom. The van der Waals surface area contributed by atoms with Gasteiger partial charge in [0.15, 0.2) is 11.5 Å². The van der Waals surface area contributed by atoms with Crippen LogP contribution in [0.25, 0.3) is 11.0 Å². The van der Waals surface area contributed by atoms with E-state index in [1.165, 1.54) is 4.90 Å². The van der Waals surface area contributed by atoms with Gasteiger partial charge in [-0.3, -0.25) is 14.5 Å². The van der Waals surface area contributed by atoms with Crippen molar-refractivity contribution < 1.29 is 23.8 Å². The lowest BCUT2D eigenvalue weighted by atomic mass is 9.94. The lowest BCUT2D eigenvalue weighted by Gasteiger charge is -2.27. The number of ketones is 1. The van der Waals surface area contributed by atoms with Crippen molar-refractivity contribution >= 4 is 44.3 Å². The molecule has 1 aromatic heterocycles. The summed E-state index contributed by atoms with van der Waals surface area (Å²) in [6.07, 6.45) is 0. The summed E-state index contributed by atoms with van der Waals surface area (Å²) in [5.74, 6) is -1.14. The number of hydrogen-bond donors (Lipinski definition) is 1. The summed E-state index contributed by atoms with van der Waals surface area (Å²) in [4.78, 5) is 28.6. The second-order valence-corrected chi connectivity index (χ2v) is 9.22. The van der Waals surface area contributed by atoms with Crippen LogP contribution in [0.2, 0.25) is 0 Å². The second-order valence-electron chi connectivity index (χ2n) is 8.31. The molecule has 0 saturated carbocycles. The molecular weight excluding hydrogens is 510 g/mol. The van der Waals surface area contributed by atoms with Crippen molar-refractivity contribution in [2.24, 2.45) is 0 Å². The van der Waals surface area contributed by atoms with Crippen molar-refractivity contribution in [3.05, 3.63) is 105 Å². The van der Waals surface area contributed by atoms with Crippen molar-refractivity contribution in [1.29, 1.82) is 0 Å². The van der Waals surface area contributed by atoms with E-state index in [2.05, 4.69) is 15.9 Å². The first-order valence-electron chi connectivity index (χ1n) is 11.2. The standard InChI is InChI=1S/C28H22BrNO5/c1-3-34-21-9-5-7-17(14-21)25-24(26(31)23-15-18-13-19(29)10-11-22(18)35-23)27(32)28(33)30(25)20-8-4-6-16(2)12-20/h4-15,25,32H,3H2,1-2H3. The summed E-state index contributed by atoms with van der Waals surface area (Å²) < 4.78 is 12.3. The minimum absolute atomic E-state index is 0.0386. The van der Waals surface area contributed by atoms with E-state index in [1.54, 1.807) is 30.3 Å². The number of benzene rings is 3. The predicted molar refractivity (Wildman–Crippen MR) is 137 cm³/mol. The van der Waals surface area contributed by atoms with Crippen LogP contribution < -0.4 is 9.64 Å². The molecule has 5 rings (SSSR count). The average molecular weight is 532 g/mol. The Kier molecular flexibility index (Phi) is 5.94. The van der Waals surface area contributed by atoms with Crippen LogP contribution in [0.3, 0.4) is 0 Å². The SMILES string of the molecule is CCOc1cccc(C2C(C(=O)c3cc4cc(Br)ccc4o3)=C(O)C(=O)N2c2cccc(C)c2)c1. The first-order valence-corrected chi connectivity index (χ1v) is 12.0. The van der Waals surface area contributed by atoms with Gasteiger partial charge in [-0.15, -0.1) is 0 Å². The molecule has 0 saturated heterocycles. The highest BCUT2D eigenvalue weighted by molar-refractivity contribution is 9.10. The zero-order valence-electron chi connectivity index (χ0n) is 19.1. The molecule has 2 heterocycles. The highest BCUT2D eigenvalue weighted by Gasteiger charge is 2.45. The number of amides is 1. The van der Waals surface area contributed by atoms with Crippen LogP contribution in [0.15, 0.2) is 93.0 Å². The molecule has 7 heteroatoms. The topological polar surface area (TPSA) is 80.0 Å². The Balaban J connectivity index is 1.66. The van der Waals surface area contributed by atoms with E-state index in [9.17, 15) is 14.7 Å². The smallest absolute Gasteiger partial charge is 0.294 e. The molecule has 35 heavy (non-hydrogen) atoms. The maximum atomic E-state index is 13.8. The molecule has 1 N–H and O–H groups in total. The van der Waals surface area contributed by atoms with Crippen LogP contribution in [0.1, 0.15) is 34.6 Å². The van der Waals surface area contributed by atoms with Crippen molar-refractivity contribution in [2.75, 3.05) is 11.5 Å². The van der Waals surface area contributed by atoms with Gasteiger partial charge < -0.3 is 14.3 Å². The van der Waals surface area contributed by atoms with E-state index < -0.39 is 23.5 Å². The van der Waals surface area contributed by atoms with Crippen LogP contribution in [0, 0.1) is 6.92 Å². The maximum Gasteiger partial charge on any atom is 0.294 e. The number of Topliss-reactive ketones (excluding diaryl/α,β-unsaturated/α-hetero) is 1. The fraction of sp³-hybridized carbons (Fsp3) is 0.143. The van der Waals surface area contributed by atoms with E-state index in [0.29, 0.717) is 29.2 Å².